The van der Waals surface area contributed by atoms with Crippen molar-refractivity contribution in [2.45, 2.75) is 56.2 Å². The highest BCUT2D eigenvalue weighted by Crippen LogP contribution is 2.70. The van der Waals surface area contributed by atoms with E-state index in [4.69, 9.17) is 0 Å². The number of amides is 1. The number of fused-ring (bicyclic) bond motifs is 2. The summed E-state index contributed by atoms with van der Waals surface area (Å²) in [5.74, 6) is -3.62. The number of carbonyl (C=O) groups excluding carboxylic acids is 1. The fraction of sp³-hybridized carbons (Fsp3) is 0.480. The summed E-state index contributed by atoms with van der Waals surface area (Å²) in [7, 11) is -2.82. The van der Waals surface area contributed by atoms with Crippen LogP contribution in [0.5, 0.6) is 0 Å². The molecule has 8 nitrogen and oxygen atoms in total. The van der Waals surface area contributed by atoms with E-state index in [2.05, 4.69) is 20.6 Å². The molecule has 2 aromatic heterocycles. The van der Waals surface area contributed by atoms with Gasteiger partial charge < -0.3 is 5.32 Å². The van der Waals surface area contributed by atoms with Crippen molar-refractivity contribution in [3.05, 3.63) is 65.2 Å². The predicted octanol–water partition coefficient (Wildman–Crippen LogP) is 5.12. The Morgan fingerprint density at radius 2 is 2.06 bits per heavy atom. The highest BCUT2D eigenvalue weighted by atomic mass is 32.3. The summed E-state index contributed by atoms with van der Waals surface area (Å²) in [6.45, 7) is 1.58. The zero-order valence-corrected chi connectivity index (χ0v) is 20.6. The van der Waals surface area contributed by atoms with Gasteiger partial charge in [-0.3, -0.25) is 23.7 Å². The third kappa shape index (κ3) is 3.59. The smallest absolute Gasteiger partial charge is 0.276 e. The highest BCUT2D eigenvalue weighted by molar-refractivity contribution is 8.24. The minimum atomic E-state index is -2.82. The molecule has 4 atom stereocenters. The van der Waals surface area contributed by atoms with Gasteiger partial charge in [-0.2, -0.15) is 20.8 Å². The van der Waals surface area contributed by atoms with Crippen LogP contribution in [0, 0.1) is 11.3 Å². The summed E-state index contributed by atoms with van der Waals surface area (Å²) < 4.78 is 51.9. The van der Waals surface area contributed by atoms with Gasteiger partial charge in [-0.25, -0.2) is 8.78 Å². The van der Waals surface area contributed by atoms with Gasteiger partial charge in [0.2, 0.25) is 0 Å². The van der Waals surface area contributed by atoms with E-state index in [0.717, 1.165) is 18.4 Å². The molecule has 0 spiro atoms. The Hall–Kier alpha value is -2.76. The van der Waals surface area contributed by atoms with Crippen LogP contribution in [0.3, 0.4) is 0 Å². The van der Waals surface area contributed by atoms with Gasteiger partial charge in [0.15, 0.2) is 5.69 Å². The van der Waals surface area contributed by atoms with Crippen molar-refractivity contribution in [1.82, 2.24) is 20.0 Å². The molecule has 6 rings (SSSR count). The molecule has 3 aliphatic rings. The van der Waals surface area contributed by atoms with Crippen molar-refractivity contribution in [2.24, 2.45) is 11.3 Å². The SMILES string of the molecule is CC12Cc3[nH]nc(C(=O)Nc4cnn(C(c5ccccc5)C5CCCCS5(O)O)c4)c3CC1C2(F)F. The molecule has 4 N–H and O–H groups in total. The van der Waals surface area contributed by atoms with Gasteiger partial charge in [-0.1, -0.05) is 37.3 Å². The Balaban J connectivity index is 1.25. The van der Waals surface area contributed by atoms with Crippen LogP contribution in [0.25, 0.3) is 0 Å². The number of nitrogens with one attached hydrogen (secondary N) is 2. The number of halogens is 2. The number of aromatic amines is 1. The van der Waals surface area contributed by atoms with Crippen molar-refractivity contribution < 1.29 is 22.7 Å². The molecule has 3 heterocycles. The van der Waals surface area contributed by atoms with Crippen LogP contribution >= 0.6 is 10.6 Å². The van der Waals surface area contributed by atoms with Crippen molar-refractivity contribution in [3.8, 4) is 0 Å². The molecule has 1 aromatic carbocycles. The largest absolute Gasteiger partial charge is 0.318 e. The minimum Gasteiger partial charge on any atom is -0.318 e. The molecule has 11 heteroatoms. The second-order valence-electron chi connectivity index (χ2n) is 10.5. The van der Waals surface area contributed by atoms with Gasteiger partial charge in [0.05, 0.1) is 23.2 Å². The summed E-state index contributed by atoms with van der Waals surface area (Å²) in [5.41, 5.74) is 1.53. The molecule has 36 heavy (non-hydrogen) atoms. The average molecular weight is 518 g/mol. The van der Waals surface area contributed by atoms with E-state index < -0.39 is 45.0 Å². The lowest BCUT2D eigenvalue weighted by Crippen LogP contribution is -2.34. The first-order valence-electron chi connectivity index (χ1n) is 12.2. The first-order valence-corrected chi connectivity index (χ1v) is 14.0. The normalized spacial score (nSPS) is 29.5. The van der Waals surface area contributed by atoms with Crippen LogP contribution in [-0.2, 0) is 12.8 Å². The topological polar surface area (TPSA) is 116 Å². The highest BCUT2D eigenvalue weighted by Gasteiger charge is 2.78. The van der Waals surface area contributed by atoms with Gasteiger partial charge in [-0.15, -0.1) is 0 Å². The molecule has 0 bridgehead atoms. The quantitative estimate of drug-likeness (QED) is 0.375. The van der Waals surface area contributed by atoms with Gasteiger partial charge in [0.25, 0.3) is 11.8 Å². The van der Waals surface area contributed by atoms with Crippen LogP contribution in [0.15, 0.2) is 42.7 Å². The third-order valence-corrected chi connectivity index (χ3v) is 10.7. The van der Waals surface area contributed by atoms with Gasteiger partial charge in [0.1, 0.15) is 0 Å². The van der Waals surface area contributed by atoms with Crippen LogP contribution in [-0.4, -0.2) is 51.9 Å². The van der Waals surface area contributed by atoms with E-state index in [1.807, 2.05) is 30.3 Å². The molecular weight excluding hydrogens is 488 g/mol. The minimum absolute atomic E-state index is 0.118. The second kappa shape index (κ2) is 8.12. The van der Waals surface area contributed by atoms with E-state index in [0.29, 0.717) is 29.1 Å². The number of hydrogen-bond acceptors (Lipinski definition) is 5. The van der Waals surface area contributed by atoms with Crippen molar-refractivity contribution in [3.63, 3.8) is 0 Å². The number of carbonyl (C=O) groups is 1. The van der Waals surface area contributed by atoms with E-state index in [1.54, 1.807) is 17.8 Å². The van der Waals surface area contributed by atoms with E-state index in [1.165, 1.54) is 6.20 Å². The fourth-order valence-electron chi connectivity index (χ4n) is 6.09. The Labute approximate surface area is 208 Å². The van der Waals surface area contributed by atoms with E-state index in [-0.39, 0.29) is 18.5 Å². The molecule has 1 saturated carbocycles. The second-order valence-corrected chi connectivity index (χ2v) is 12.9. The molecule has 192 valence electrons. The first-order chi connectivity index (χ1) is 17.1. The molecule has 1 aliphatic heterocycles. The Kier molecular flexibility index (Phi) is 5.33. The average Bonchev–Trinajstić information content (AvgIpc) is 3.26. The van der Waals surface area contributed by atoms with Crippen molar-refractivity contribution in [1.29, 1.82) is 0 Å². The molecular formula is C25H29F2N5O3S. The molecule has 4 unspecified atom stereocenters. The lowest BCUT2D eigenvalue weighted by atomic mass is 9.87. The molecule has 1 saturated heterocycles. The Morgan fingerprint density at radius 1 is 1.28 bits per heavy atom. The zero-order chi connectivity index (χ0) is 25.3. The van der Waals surface area contributed by atoms with Crippen LogP contribution in [0.2, 0.25) is 0 Å². The summed E-state index contributed by atoms with van der Waals surface area (Å²) in [6.07, 6.45) is 5.81. The maximum atomic E-state index is 14.3. The number of nitrogens with zero attached hydrogens (tertiary/aromatic N) is 3. The number of rotatable bonds is 5. The number of aromatic nitrogens is 4. The van der Waals surface area contributed by atoms with Crippen LogP contribution in [0.4, 0.5) is 14.5 Å². The third-order valence-electron chi connectivity index (χ3n) is 8.31. The number of alkyl halides is 2. The monoisotopic (exact) mass is 517 g/mol. The van der Waals surface area contributed by atoms with Crippen molar-refractivity contribution in [2.75, 3.05) is 11.1 Å². The summed E-state index contributed by atoms with van der Waals surface area (Å²) in [5, 5.41) is 13.8. The summed E-state index contributed by atoms with van der Waals surface area (Å²) >= 11 is 0. The lowest BCUT2D eigenvalue weighted by Gasteiger charge is -2.47. The Morgan fingerprint density at radius 3 is 2.81 bits per heavy atom. The van der Waals surface area contributed by atoms with Gasteiger partial charge in [-0.05, 0) is 31.2 Å². The van der Waals surface area contributed by atoms with Crippen molar-refractivity contribution >= 4 is 22.2 Å². The molecule has 2 aliphatic carbocycles. The molecule has 1 amide bonds. The summed E-state index contributed by atoms with van der Waals surface area (Å²) in [4.78, 5) is 13.1. The van der Waals surface area contributed by atoms with E-state index in [9.17, 15) is 22.7 Å². The zero-order valence-electron chi connectivity index (χ0n) is 19.8. The van der Waals surface area contributed by atoms with Crippen LogP contribution in [0.1, 0.15) is 59.5 Å². The lowest BCUT2D eigenvalue weighted by molar-refractivity contribution is 0.0630. The number of hydrogen-bond donors (Lipinski definition) is 4. The van der Waals surface area contributed by atoms with Gasteiger partial charge >= 0.3 is 0 Å². The number of benzene rings is 1. The maximum Gasteiger partial charge on any atom is 0.276 e. The number of anilines is 1. The van der Waals surface area contributed by atoms with Crippen LogP contribution < -0.4 is 5.32 Å². The Bertz CT molecular complexity index is 1310. The standard InChI is InChI=1S/C25H29F2N5O3S/c1-24-12-18-17(11-20(24)25(24,26)27)21(31-30-18)23(33)29-16-13-28-32(14-16)22(15-7-3-2-4-8-15)19-9-5-6-10-36(19,34)35/h2-4,7-8,13-14,19-20,22,34-35H,5-6,9-12H2,1H3,(H,29,33)(H,30,31). The predicted molar refractivity (Wildman–Crippen MR) is 133 cm³/mol. The van der Waals surface area contributed by atoms with Gasteiger partial charge in [0, 0.05) is 41.0 Å². The molecule has 0 radical (unpaired) electrons. The molecule has 3 aromatic rings. The fourth-order valence-corrected chi connectivity index (χ4v) is 8.26. The number of H-pyrrole nitrogens is 1. The summed E-state index contributed by atoms with van der Waals surface area (Å²) in [6, 6.07) is 9.17. The maximum absolute atomic E-state index is 14.3. The first kappa shape index (κ1) is 23.6. The van der Waals surface area contributed by atoms with E-state index >= 15 is 0 Å². The molecule has 2 fully saturated rings.